The molecule has 0 unspecified atom stereocenters. The van der Waals surface area contributed by atoms with Crippen molar-refractivity contribution in [2.45, 2.75) is 26.7 Å². The highest BCUT2D eigenvalue weighted by Crippen LogP contribution is 2.59. The zero-order valence-electron chi connectivity index (χ0n) is 11.4. The minimum atomic E-state index is -0.284. The van der Waals surface area contributed by atoms with Crippen LogP contribution in [0, 0.1) is 17.3 Å². The summed E-state index contributed by atoms with van der Waals surface area (Å²) in [5.41, 5.74) is 2.19. The van der Waals surface area contributed by atoms with Crippen molar-refractivity contribution in [2.24, 2.45) is 17.3 Å². The van der Waals surface area contributed by atoms with E-state index in [9.17, 15) is 4.79 Å². The second-order valence-corrected chi connectivity index (χ2v) is 6.14. The van der Waals surface area contributed by atoms with E-state index in [2.05, 4.69) is 24.9 Å². The van der Waals surface area contributed by atoms with Crippen LogP contribution in [0.4, 0.5) is 0 Å². The zero-order valence-corrected chi connectivity index (χ0v) is 11.4. The van der Waals surface area contributed by atoms with Crippen LogP contribution < -0.4 is 0 Å². The van der Waals surface area contributed by atoms with Gasteiger partial charge in [0.05, 0.1) is 5.56 Å². The van der Waals surface area contributed by atoms with Crippen LogP contribution in [0.5, 0.6) is 0 Å². The van der Waals surface area contributed by atoms with E-state index in [1.807, 2.05) is 0 Å². The van der Waals surface area contributed by atoms with E-state index in [0.29, 0.717) is 23.5 Å². The Morgan fingerprint density at radius 1 is 1.53 bits per heavy atom. The van der Waals surface area contributed by atoms with Gasteiger partial charge < -0.3 is 4.74 Å². The molecule has 19 heavy (non-hydrogen) atoms. The van der Waals surface area contributed by atoms with Crippen LogP contribution >= 0.6 is 0 Å². The molecule has 3 aliphatic carbocycles. The number of pyridine rings is 1. The molecular weight excluding hydrogens is 238 g/mol. The first-order valence-electron chi connectivity index (χ1n) is 6.85. The summed E-state index contributed by atoms with van der Waals surface area (Å²) in [6.45, 7) is 5.07. The molecule has 0 spiro atoms. The second-order valence-electron chi connectivity index (χ2n) is 6.14. The lowest BCUT2D eigenvalue weighted by atomic mass is 9.49. The van der Waals surface area contributed by atoms with Crippen molar-refractivity contribution < 1.29 is 9.53 Å². The highest BCUT2D eigenvalue weighted by Gasteiger charge is 2.51. The number of hydrogen-bond donors (Lipinski definition) is 0. The number of rotatable bonds is 3. The van der Waals surface area contributed by atoms with Crippen molar-refractivity contribution in [3.63, 3.8) is 0 Å². The maximum atomic E-state index is 11.9. The summed E-state index contributed by atoms with van der Waals surface area (Å²) >= 11 is 0. The van der Waals surface area contributed by atoms with Gasteiger partial charge in [-0.25, -0.2) is 4.79 Å². The average Bonchev–Trinajstić information content (AvgIpc) is 2.45. The molecule has 0 saturated heterocycles. The van der Waals surface area contributed by atoms with Gasteiger partial charge in [-0.1, -0.05) is 19.9 Å². The van der Waals surface area contributed by atoms with E-state index in [1.165, 1.54) is 12.0 Å². The largest absolute Gasteiger partial charge is 0.458 e. The molecule has 3 nitrogen and oxygen atoms in total. The van der Waals surface area contributed by atoms with Gasteiger partial charge in [-0.05, 0) is 47.8 Å². The highest BCUT2D eigenvalue weighted by atomic mass is 16.5. The lowest BCUT2D eigenvalue weighted by Crippen LogP contribution is -2.48. The Morgan fingerprint density at radius 2 is 2.37 bits per heavy atom. The molecule has 0 amide bonds. The van der Waals surface area contributed by atoms with Gasteiger partial charge in [0.1, 0.15) is 6.61 Å². The molecule has 1 aromatic rings. The second kappa shape index (κ2) is 4.48. The quantitative estimate of drug-likeness (QED) is 0.616. The lowest BCUT2D eigenvalue weighted by molar-refractivity contribution is -0.0155. The maximum absolute atomic E-state index is 11.9. The summed E-state index contributed by atoms with van der Waals surface area (Å²) in [5.74, 6) is 1.12. The standard InChI is InChI=1S/C16H19NO2/c1-16(2)13-6-5-12(14(16)8-13)10-19-15(18)11-4-3-7-17-9-11/h3-5,7,9,13-14H,6,8,10H2,1-2H3/t13-,14-/m0/s1. The maximum Gasteiger partial charge on any atom is 0.340 e. The summed E-state index contributed by atoms with van der Waals surface area (Å²) in [5, 5.41) is 0. The molecule has 1 saturated carbocycles. The molecule has 0 aliphatic heterocycles. The van der Waals surface area contributed by atoms with Crippen LogP contribution in [-0.2, 0) is 4.74 Å². The van der Waals surface area contributed by atoms with E-state index < -0.39 is 0 Å². The molecule has 0 aromatic carbocycles. The van der Waals surface area contributed by atoms with Gasteiger partial charge in [0, 0.05) is 12.4 Å². The number of aromatic nitrogens is 1. The minimum Gasteiger partial charge on any atom is -0.458 e. The topological polar surface area (TPSA) is 39.2 Å². The molecule has 0 N–H and O–H groups in total. The zero-order chi connectivity index (χ0) is 13.5. The third-order valence-corrected chi connectivity index (χ3v) is 4.85. The fourth-order valence-corrected chi connectivity index (χ4v) is 3.36. The van der Waals surface area contributed by atoms with Crippen molar-refractivity contribution in [3.05, 3.63) is 41.7 Å². The summed E-state index contributed by atoms with van der Waals surface area (Å²) < 4.78 is 5.41. The monoisotopic (exact) mass is 257 g/mol. The first-order valence-corrected chi connectivity index (χ1v) is 6.85. The molecule has 4 rings (SSSR count). The van der Waals surface area contributed by atoms with Crippen LogP contribution in [0.25, 0.3) is 0 Å². The number of carbonyl (C=O) groups is 1. The van der Waals surface area contributed by atoms with E-state index in [4.69, 9.17) is 4.74 Å². The van der Waals surface area contributed by atoms with Crippen LogP contribution in [0.15, 0.2) is 36.2 Å². The number of allylic oxidation sites excluding steroid dienone is 1. The van der Waals surface area contributed by atoms with Gasteiger partial charge in [-0.2, -0.15) is 0 Å². The fourth-order valence-electron chi connectivity index (χ4n) is 3.36. The molecule has 1 fully saturated rings. The molecule has 3 aliphatic rings. The molecule has 2 bridgehead atoms. The van der Waals surface area contributed by atoms with Crippen molar-refractivity contribution in [2.75, 3.05) is 6.61 Å². The van der Waals surface area contributed by atoms with Gasteiger partial charge in [0.2, 0.25) is 0 Å². The van der Waals surface area contributed by atoms with Crippen molar-refractivity contribution >= 4 is 5.97 Å². The predicted octanol–water partition coefficient (Wildman–Crippen LogP) is 3.23. The number of ether oxygens (including phenoxy) is 1. The molecule has 1 aromatic heterocycles. The number of hydrogen-bond acceptors (Lipinski definition) is 3. The molecule has 3 heteroatoms. The van der Waals surface area contributed by atoms with Crippen LogP contribution in [-0.4, -0.2) is 17.6 Å². The number of fused-ring (bicyclic) bond motifs is 1. The van der Waals surface area contributed by atoms with Gasteiger partial charge in [-0.15, -0.1) is 0 Å². The Balaban J connectivity index is 1.62. The summed E-state index contributed by atoms with van der Waals surface area (Å²) in [7, 11) is 0. The number of esters is 1. The molecule has 100 valence electrons. The highest BCUT2D eigenvalue weighted by molar-refractivity contribution is 5.89. The minimum absolute atomic E-state index is 0.284. The Labute approximate surface area is 113 Å². The summed E-state index contributed by atoms with van der Waals surface area (Å²) in [6, 6.07) is 3.48. The molecular formula is C16H19NO2. The van der Waals surface area contributed by atoms with Crippen molar-refractivity contribution in [3.8, 4) is 0 Å². The van der Waals surface area contributed by atoms with Gasteiger partial charge in [-0.3, -0.25) is 4.98 Å². The molecule has 0 radical (unpaired) electrons. The first-order chi connectivity index (χ1) is 9.09. The SMILES string of the molecule is CC1(C)[C@H]2CC=C(COC(=O)c3cccnc3)[C@@H]1C2. The van der Waals surface area contributed by atoms with Crippen molar-refractivity contribution in [1.82, 2.24) is 4.98 Å². The third-order valence-electron chi connectivity index (χ3n) is 4.85. The molecule has 2 atom stereocenters. The van der Waals surface area contributed by atoms with Crippen molar-refractivity contribution in [1.29, 1.82) is 0 Å². The first kappa shape index (κ1) is 12.4. The van der Waals surface area contributed by atoms with Crippen LogP contribution in [0.1, 0.15) is 37.0 Å². The van der Waals surface area contributed by atoms with E-state index in [0.717, 1.165) is 12.3 Å². The number of carbonyl (C=O) groups excluding carboxylic acids is 1. The Bertz CT molecular complexity index is 519. The normalized spacial score (nSPS) is 27.2. The number of nitrogens with zero attached hydrogens (tertiary/aromatic N) is 1. The Hall–Kier alpha value is -1.64. The van der Waals surface area contributed by atoms with Gasteiger partial charge in [0.25, 0.3) is 0 Å². The fraction of sp³-hybridized carbons (Fsp3) is 0.500. The van der Waals surface area contributed by atoms with E-state index in [-0.39, 0.29) is 5.97 Å². The third kappa shape index (κ3) is 2.07. The Kier molecular flexibility index (Phi) is 2.92. The van der Waals surface area contributed by atoms with Gasteiger partial charge in [0.15, 0.2) is 0 Å². The summed E-state index contributed by atoms with van der Waals surface area (Å²) in [6.07, 6.45) is 7.84. The van der Waals surface area contributed by atoms with E-state index in [1.54, 1.807) is 24.5 Å². The lowest BCUT2D eigenvalue weighted by Gasteiger charge is -2.56. The molecule has 1 heterocycles. The summed E-state index contributed by atoms with van der Waals surface area (Å²) in [4.78, 5) is 15.8. The smallest absolute Gasteiger partial charge is 0.340 e. The average molecular weight is 257 g/mol. The van der Waals surface area contributed by atoms with Gasteiger partial charge >= 0.3 is 5.97 Å². The van der Waals surface area contributed by atoms with Crippen LogP contribution in [0.3, 0.4) is 0 Å². The predicted molar refractivity (Wildman–Crippen MR) is 72.6 cm³/mol. The van der Waals surface area contributed by atoms with Crippen LogP contribution in [0.2, 0.25) is 0 Å². The Morgan fingerprint density at radius 3 is 3.00 bits per heavy atom. The van der Waals surface area contributed by atoms with E-state index >= 15 is 0 Å².